The fourth-order valence-electron chi connectivity index (χ4n) is 2.12. The topological polar surface area (TPSA) is 73.6 Å². The molecule has 1 heterocycles. The maximum Gasteiger partial charge on any atom is 0.258 e. The summed E-state index contributed by atoms with van der Waals surface area (Å²) in [6.07, 6.45) is 1.71. The summed E-state index contributed by atoms with van der Waals surface area (Å²) in [6.45, 7) is 1.77. The van der Waals surface area contributed by atoms with Gasteiger partial charge in [-0.2, -0.15) is 0 Å². The molecule has 1 aliphatic heterocycles. The third kappa shape index (κ3) is 4.19. The van der Waals surface area contributed by atoms with E-state index < -0.39 is 0 Å². The minimum Gasteiger partial charge on any atom is -0.482 e. The first kappa shape index (κ1) is 15.3. The van der Waals surface area contributed by atoms with Gasteiger partial charge in [-0.25, -0.2) is 0 Å². The van der Waals surface area contributed by atoms with E-state index in [4.69, 9.17) is 15.2 Å². The minimum absolute atomic E-state index is 0.00697. The van der Waals surface area contributed by atoms with Gasteiger partial charge in [-0.15, -0.1) is 0 Å². The third-order valence-corrected chi connectivity index (χ3v) is 3.83. The molecule has 0 atom stereocenters. The molecule has 0 aromatic heterocycles. The number of rotatable bonds is 5. The van der Waals surface area contributed by atoms with Gasteiger partial charge in [-0.3, -0.25) is 4.79 Å². The molecular weight excluding hydrogens is 324 g/mol. The van der Waals surface area contributed by atoms with Gasteiger partial charge in [-0.05, 0) is 34.8 Å². The van der Waals surface area contributed by atoms with E-state index in [0.29, 0.717) is 25.5 Å². The molecule has 1 aromatic carbocycles. The molecule has 3 N–H and O–H groups in total. The number of carbonyl (C=O) groups excluding carboxylic acids is 1. The number of hydrogen-bond donors (Lipinski definition) is 2. The van der Waals surface area contributed by atoms with Gasteiger partial charge >= 0.3 is 0 Å². The summed E-state index contributed by atoms with van der Waals surface area (Å²) in [5, 5.41) is 2.96. The van der Waals surface area contributed by atoms with Crippen LogP contribution >= 0.6 is 15.9 Å². The van der Waals surface area contributed by atoms with Gasteiger partial charge < -0.3 is 20.5 Å². The lowest BCUT2D eigenvalue weighted by atomic mass is 10.1. The Morgan fingerprint density at radius 3 is 2.90 bits per heavy atom. The van der Waals surface area contributed by atoms with Crippen LogP contribution in [-0.2, 0) is 16.1 Å². The summed E-state index contributed by atoms with van der Waals surface area (Å²) in [5.74, 6) is 0.521. The molecule has 0 bridgehead atoms. The van der Waals surface area contributed by atoms with Gasteiger partial charge in [0.25, 0.3) is 5.91 Å². The Morgan fingerprint density at radius 1 is 1.45 bits per heavy atom. The van der Waals surface area contributed by atoms with Crippen molar-refractivity contribution >= 4 is 21.8 Å². The first-order valence-corrected chi connectivity index (χ1v) is 7.47. The average molecular weight is 343 g/mol. The molecule has 20 heavy (non-hydrogen) atoms. The quantitative estimate of drug-likeness (QED) is 0.851. The minimum atomic E-state index is -0.115. The molecule has 1 saturated heterocycles. The second-order valence-electron chi connectivity index (χ2n) is 4.68. The first-order valence-electron chi connectivity index (χ1n) is 6.68. The SMILES string of the molecule is NCc1cccc(Br)c1OCC(=O)NC1CCOCC1. The van der Waals surface area contributed by atoms with Gasteiger partial charge in [0.1, 0.15) is 5.75 Å². The van der Waals surface area contributed by atoms with E-state index in [-0.39, 0.29) is 18.6 Å². The number of carbonyl (C=O) groups is 1. The molecule has 2 rings (SSSR count). The predicted molar refractivity (Wildman–Crippen MR) is 79.5 cm³/mol. The predicted octanol–water partition coefficient (Wildman–Crippen LogP) is 1.58. The van der Waals surface area contributed by atoms with Crippen LogP contribution in [0.15, 0.2) is 22.7 Å². The van der Waals surface area contributed by atoms with Gasteiger partial charge in [-0.1, -0.05) is 12.1 Å². The van der Waals surface area contributed by atoms with Crippen molar-refractivity contribution in [2.24, 2.45) is 5.73 Å². The summed E-state index contributed by atoms with van der Waals surface area (Å²) in [4.78, 5) is 11.9. The molecule has 1 aromatic rings. The van der Waals surface area contributed by atoms with Crippen LogP contribution in [-0.4, -0.2) is 31.8 Å². The maximum absolute atomic E-state index is 11.9. The Morgan fingerprint density at radius 2 is 2.20 bits per heavy atom. The Bertz CT molecular complexity index is 462. The van der Waals surface area contributed by atoms with Crippen LogP contribution in [0.5, 0.6) is 5.75 Å². The summed E-state index contributed by atoms with van der Waals surface area (Å²) in [6, 6.07) is 5.83. The largest absolute Gasteiger partial charge is 0.482 e. The molecule has 1 fully saturated rings. The van der Waals surface area contributed by atoms with Crippen LogP contribution in [0.25, 0.3) is 0 Å². The number of para-hydroxylation sites is 1. The summed E-state index contributed by atoms with van der Waals surface area (Å²) in [7, 11) is 0. The number of benzene rings is 1. The summed E-state index contributed by atoms with van der Waals surface area (Å²) < 4.78 is 11.7. The van der Waals surface area contributed by atoms with Gasteiger partial charge in [0.2, 0.25) is 0 Å². The van der Waals surface area contributed by atoms with E-state index >= 15 is 0 Å². The molecule has 0 saturated carbocycles. The normalized spacial score (nSPS) is 15.9. The number of nitrogens with two attached hydrogens (primary N) is 1. The van der Waals surface area contributed by atoms with Gasteiger partial charge in [0.05, 0.1) is 4.47 Å². The molecule has 0 radical (unpaired) electrons. The van der Waals surface area contributed by atoms with Gasteiger partial charge in [0.15, 0.2) is 6.61 Å². The summed E-state index contributed by atoms with van der Waals surface area (Å²) in [5.41, 5.74) is 6.53. The second-order valence-corrected chi connectivity index (χ2v) is 5.53. The first-order chi connectivity index (χ1) is 9.70. The highest BCUT2D eigenvalue weighted by Gasteiger charge is 2.17. The molecule has 5 nitrogen and oxygen atoms in total. The Hall–Kier alpha value is -1.11. The monoisotopic (exact) mass is 342 g/mol. The van der Waals surface area contributed by atoms with E-state index in [1.54, 1.807) is 0 Å². The van der Waals surface area contributed by atoms with Crippen molar-refractivity contribution in [3.8, 4) is 5.75 Å². The Labute approximate surface area is 126 Å². The van der Waals surface area contributed by atoms with E-state index in [1.165, 1.54) is 0 Å². The molecule has 0 spiro atoms. The van der Waals surface area contributed by atoms with Crippen LogP contribution in [0, 0.1) is 0 Å². The molecule has 0 aliphatic carbocycles. The number of nitrogens with one attached hydrogen (secondary N) is 1. The molecule has 1 aliphatic rings. The zero-order valence-corrected chi connectivity index (χ0v) is 12.8. The highest BCUT2D eigenvalue weighted by atomic mass is 79.9. The molecular formula is C14H19BrN2O3. The lowest BCUT2D eigenvalue weighted by molar-refractivity contribution is -0.124. The van der Waals surface area contributed by atoms with E-state index in [0.717, 1.165) is 22.9 Å². The van der Waals surface area contributed by atoms with E-state index in [1.807, 2.05) is 18.2 Å². The standard InChI is InChI=1S/C14H19BrN2O3/c15-12-3-1-2-10(8-16)14(12)20-9-13(18)17-11-4-6-19-7-5-11/h1-3,11H,4-9,16H2,(H,17,18). The highest BCUT2D eigenvalue weighted by molar-refractivity contribution is 9.10. The molecule has 6 heteroatoms. The van der Waals surface area contributed by atoms with Crippen molar-refractivity contribution in [2.45, 2.75) is 25.4 Å². The Balaban J connectivity index is 1.86. The fraction of sp³-hybridized carbons (Fsp3) is 0.500. The van der Waals surface area contributed by atoms with Crippen molar-refractivity contribution in [3.63, 3.8) is 0 Å². The van der Waals surface area contributed by atoms with Crippen LogP contribution in [0.2, 0.25) is 0 Å². The number of hydrogen-bond acceptors (Lipinski definition) is 4. The number of amides is 1. The smallest absolute Gasteiger partial charge is 0.258 e. The second kappa shape index (κ2) is 7.61. The summed E-state index contributed by atoms with van der Waals surface area (Å²) >= 11 is 3.41. The number of halogens is 1. The van der Waals surface area contributed by atoms with Crippen LogP contribution in [0.3, 0.4) is 0 Å². The third-order valence-electron chi connectivity index (χ3n) is 3.20. The zero-order chi connectivity index (χ0) is 14.4. The van der Waals surface area contributed by atoms with Crippen molar-refractivity contribution in [2.75, 3.05) is 19.8 Å². The van der Waals surface area contributed by atoms with Crippen LogP contribution in [0.4, 0.5) is 0 Å². The van der Waals surface area contributed by atoms with Crippen molar-refractivity contribution in [1.29, 1.82) is 0 Å². The number of ether oxygens (including phenoxy) is 2. The van der Waals surface area contributed by atoms with E-state index in [2.05, 4.69) is 21.2 Å². The van der Waals surface area contributed by atoms with Crippen LogP contribution in [0.1, 0.15) is 18.4 Å². The van der Waals surface area contributed by atoms with E-state index in [9.17, 15) is 4.79 Å². The highest BCUT2D eigenvalue weighted by Crippen LogP contribution is 2.28. The van der Waals surface area contributed by atoms with Gasteiger partial charge in [0, 0.05) is 31.4 Å². The maximum atomic E-state index is 11.9. The fourth-order valence-corrected chi connectivity index (χ4v) is 2.65. The Kier molecular flexibility index (Phi) is 5.82. The average Bonchev–Trinajstić information content (AvgIpc) is 2.46. The van der Waals surface area contributed by atoms with Crippen molar-refractivity contribution in [1.82, 2.24) is 5.32 Å². The zero-order valence-electron chi connectivity index (χ0n) is 11.2. The van der Waals surface area contributed by atoms with Crippen molar-refractivity contribution in [3.05, 3.63) is 28.2 Å². The molecule has 1 amide bonds. The van der Waals surface area contributed by atoms with Crippen molar-refractivity contribution < 1.29 is 14.3 Å². The molecule has 110 valence electrons. The lowest BCUT2D eigenvalue weighted by Gasteiger charge is -2.23. The lowest BCUT2D eigenvalue weighted by Crippen LogP contribution is -2.41. The molecule has 0 unspecified atom stereocenters. The van der Waals surface area contributed by atoms with Crippen LogP contribution < -0.4 is 15.8 Å².